The predicted molar refractivity (Wildman–Crippen MR) is 135 cm³/mol. The molecule has 2 unspecified atom stereocenters. The summed E-state index contributed by atoms with van der Waals surface area (Å²) >= 11 is 0. The Kier molecular flexibility index (Phi) is 8.16. The highest BCUT2D eigenvalue weighted by Gasteiger charge is 2.27. The van der Waals surface area contributed by atoms with Gasteiger partial charge in [-0.3, -0.25) is 4.99 Å². The second kappa shape index (κ2) is 10.8. The van der Waals surface area contributed by atoms with E-state index in [0.29, 0.717) is 12.5 Å². The summed E-state index contributed by atoms with van der Waals surface area (Å²) in [6.07, 6.45) is 2.41. The number of aryl methyl sites for hydroxylation is 1. The van der Waals surface area contributed by atoms with Crippen molar-refractivity contribution in [2.24, 2.45) is 10.9 Å². The van der Waals surface area contributed by atoms with Crippen LogP contribution in [0.15, 0.2) is 59.6 Å². The molecular weight excluding hydrogens is 487 g/mol. The number of ether oxygens (including phenoxy) is 1. The third-order valence-corrected chi connectivity index (χ3v) is 5.64. The van der Waals surface area contributed by atoms with Gasteiger partial charge in [-0.25, -0.2) is 0 Å². The molecule has 0 amide bonds. The topological polar surface area (TPSA) is 61.4 Å². The number of nitrogens with zero attached hydrogens (tertiary/aromatic N) is 1. The molecule has 160 valence electrons. The number of aromatic nitrogens is 1. The quantitative estimate of drug-likeness (QED) is 0.255. The Hall–Kier alpha value is -2.06. The van der Waals surface area contributed by atoms with E-state index in [1.54, 1.807) is 0 Å². The fourth-order valence-electron chi connectivity index (χ4n) is 4.03. The monoisotopic (exact) mass is 518 g/mol. The van der Waals surface area contributed by atoms with E-state index in [2.05, 4.69) is 76.1 Å². The molecule has 3 N–H and O–H groups in total. The maximum absolute atomic E-state index is 6.14. The summed E-state index contributed by atoms with van der Waals surface area (Å²) in [5.74, 6) is 1.25. The van der Waals surface area contributed by atoms with E-state index in [1.807, 2.05) is 13.1 Å². The smallest absolute Gasteiger partial charge is 0.191 e. The zero-order chi connectivity index (χ0) is 20.1. The van der Waals surface area contributed by atoms with Crippen LogP contribution in [-0.2, 0) is 11.3 Å². The molecule has 2 aromatic carbocycles. The molecule has 2 atom stereocenters. The van der Waals surface area contributed by atoms with Gasteiger partial charge in [0, 0.05) is 37.3 Å². The predicted octanol–water partition coefficient (Wildman–Crippen LogP) is 4.93. The number of aliphatic imine (C=N–C) groups is 1. The maximum atomic E-state index is 6.14. The number of para-hydroxylation sites is 1. The van der Waals surface area contributed by atoms with Gasteiger partial charge in [0.05, 0.1) is 12.6 Å². The SMILES string of the molecule is CN=C(NCc1cc2ccccc2[nH]1)NCC1CCCOC1c1ccc(C)cc1.I. The highest BCUT2D eigenvalue weighted by Crippen LogP contribution is 2.33. The van der Waals surface area contributed by atoms with Gasteiger partial charge >= 0.3 is 0 Å². The highest BCUT2D eigenvalue weighted by atomic mass is 127. The first-order chi connectivity index (χ1) is 14.2. The number of H-pyrrole nitrogens is 1. The molecule has 2 heterocycles. The van der Waals surface area contributed by atoms with E-state index in [4.69, 9.17) is 4.74 Å². The lowest BCUT2D eigenvalue weighted by Crippen LogP contribution is -2.41. The fraction of sp³-hybridized carbons (Fsp3) is 0.375. The third-order valence-electron chi connectivity index (χ3n) is 5.64. The number of benzene rings is 2. The van der Waals surface area contributed by atoms with Gasteiger partial charge in [0.2, 0.25) is 0 Å². The van der Waals surface area contributed by atoms with Gasteiger partial charge in [-0.2, -0.15) is 0 Å². The number of halogens is 1. The molecule has 4 rings (SSSR count). The van der Waals surface area contributed by atoms with Crippen LogP contribution in [0.1, 0.15) is 35.8 Å². The average molecular weight is 518 g/mol. The molecule has 1 fully saturated rings. The number of hydrogen-bond donors (Lipinski definition) is 3. The van der Waals surface area contributed by atoms with Gasteiger partial charge in [0.25, 0.3) is 0 Å². The Morgan fingerprint density at radius 2 is 1.93 bits per heavy atom. The summed E-state index contributed by atoms with van der Waals surface area (Å²) in [5.41, 5.74) is 4.85. The minimum Gasteiger partial charge on any atom is -0.373 e. The highest BCUT2D eigenvalue weighted by molar-refractivity contribution is 14.0. The lowest BCUT2D eigenvalue weighted by Gasteiger charge is -2.32. The van der Waals surface area contributed by atoms with Crippen LogP contribution in [0.3, 0.4) is 0 Å². The summed E-state index contributed by atoms with van der Waals surface area (Å²) in [4.78, 5) is 7.84. The molecule has 5 nitrogen and oxygen atoms in total. The van der Waals surface area contributed by atoms with Gasteiger partial charge in [-0.05, 0) is 42.8 Å². The zero-order valence-corrected chi connectivity index (χ0v) is 20.0. The molecule has 3 aromatic rings. The number of guanidine groups is 1. The Morgan fingerprint density at radius 3 is 2.70 bits per heavy atom. The first kappa shape index (κ1) is 22.6. The van der Waals surface area contributed by atoms with E-state index < -0.39 is 0 Å². The summed E-state index contributed by atoms with van der Waals surface area (Å²) < 4.78 is 6.14. The molecule has 0 bridgehead atoms. The molecule has 6 heteroatoms. The van der Waals surface area contributed by atoms with Crippen molar-refractivity contribution < 1.29 is 4.74 Å². The molecule has 1 aromatic heterocycles. The number of aromatic amines is 1. The Bertz CT molecular complexity index is 934. The van der Waals surface area contributed by atoms with Crippen LogP contribution in [0.2, 0.25) is 0 Å². The molecule has 0 saturated carbocycles. The van der Waals surface area contributed by atoms with E-state index in [0.717, 1.165) is 43.2 Å². The molecular formula is C24H31IN4O. The molecule has 1 saturated heterocycles. The summed E-state index contributed by atoms with van der Waals surface area (Å²) in [7, 11) is 1.81. The van der Waals surface area contributed by atoms with Crippen molar-refractivity contribution in [1.29, 1.82) is 0 Å². The number of hydrogen-bond acceptors (Lipinski definition) is 2. The number of rotatable bonds is 5. The van der Waals surface area contributed by atoms with Crippen molar-refractivity contribution in [2.45, 2.75) is 32.4 Å². The first-order valence-electron chi connectivity index (χ1n) is 10.4. The number of nitrogens with one attached hydrogen (secondary N) is 3. The average Bonchev–Trinajstić information content (AvgIpc) is 3.18. The molecule has 0 spiro atoms. The van der Waals surface area contributed by atoms with Crippen LogP contribution in [0.25, 0.3) is 10.9 Å². The Balaban J connectivity index is 0.00000256. The Labute approximate surface area is 195 Å². The molecule has 30 heavy (non-hydrogen) atoms. The van der Waals surface area contributed by atoms with Crippen LogP contribution in [-0.4, -0.2) is 31.1 Å². The second-order valence-electron chi connectivity index (χ2n) is 7.79. The van der Waals surface area contributed by atoms with Crippen LogP contribution in [0.5, 0.6) is 0 Å². The molecule has 0 aliphatic carbocycles. The Morgan fingerprint density at radius 1 is 1.13 bits per heavy atom. The largest absolute Gasteiger partial charge is 0.373 e. The van der Waals surface area contributed by atoms with Crippen molar-refractivity contribution in [3.63, 3.8) is 0 Å². The van der Waals surface area contributed by atoms with E-state index >= 15 is 0 Å². The summed E-state index contributed by atoms with van der Waals surface area (Å²) in [6, 6.07) is 19.2. The second-order valence-corrected chi connectivity index (χ2v) is 7.79. The van der Waals surface area contributed by atoms with Crippen molar-refractivity contribution in [1.82, 2.24) is 15.6 Å². The minimum absolute atomic E-state index is 0. The minimum atomic E-state index is 0. The molecule has 1 aliphatic rings. The zero-order valence-electron chi connectivity index (χ0n) is 17.7. The lowest BCUT2D eigenvalue weighted by molar-refractivity contribution is -0.0265. The third kappa shape index (κ3) is 5.55. The normalized spacial score (nSPS) is 19.3. The van der Waals surface area contributed by atoms with Crippen molar-refractivity contribution >= 4 is 40.8 Å². The van der Waals surface area contributed by atoms with Gasteiger partial charge in [0.15, 0.2) is 5.96 Å². The van der Waals surface area contributed by atoms with Crippen molar-refractivity contribution in [3.05, 3.63) is 71.4 Å². The van der Waals surface area contributed by atoms with Crippen LogP contribution < -0.4 is 10.6 Å². The van der Waals surface area contributed by atoms with Gasteiger partial charge < -0.3 is 20.4 Å². The fourth-order valence-corrected chi connectivity index (χ4v) is 4.03. The van der Waals surface area contributed by atoms with E-state index in [1.165, 1.54) is 16.5 Å². The van der Waals surface area contributed by atoms with Gasteiger partial charge in [0.1, 0.15) is 0 Å². The van der Waals surface area contributed by atoms with Crippen LogP contribution in [0.4, 0.5) is 0 Å². The van der Waals surface area contributed by atoms with Crippen molar-refractivity contribution in [3.8, 4) is 0 Å². The summed E-state index contributed by atoms with van der Waals surface area (Å²) in [6.45, 7) is 4.50. The maximum Gasteiger partial charge on any atom is 0.191 e. The van der Waals surface area contributed by atoms with Crippen LogP contribution in [0, 0.1) is 12.8 Å². The molecule has 0 radical (unpaired) electrons. The summed E-state index contributed by atoms with van der Waals surface area (Å²) in [5, 5.41) is 8.14. The van der Waals surface area contributed by atoms with Crippen molar-refractivity contribution in [2.75, 3.05) is 20.2 Å². The van der Waals surface area contributed by atoms with Crippen LogP contribution >= 0.6 is 24.0 Å². The number of fused-ring (bicyclic) bond motifs is 1. The van der Waals surface area contributed by atoms with Gasteiger partial charge in [-0.15, -0.1) is 24.0 Å². The lowest BCUT2D eigenvalue weighted by atomic mass is 9.89. The van der Waals surface area contributed by atoms with E-state index in [9.17, 15) is 0 Å². The van der Waals surface area contributed by atoms with E-state index in [-0.39, 0.29) is 30.1 Å². The standard InChI is InChI=1S/C24H30N4O.HI/c1-17-9-11-18(12-10-17)23-20(7-5-13-29-23)15-26-24(25-2)27-16-21-14-19-6-3-4-8-22(19)28-21;/h3-4,6,8-12,14,20,23,28H,5,7,13,15-16H2,1-2H3,(H2,25,26,27);1H. The first-order valence-corrected chi connectivity index (χ1v) is 10.4. The molecule has 1 aliphatic heterocycles. The van der Waals surface area contributed by atoms with Gasteiger partial charge in [-0.1, -0.05) is 48.0 Å².